The van der Waals surface area contributed by atoms with Crippen molar-refractivity contribution in [3.05, 3.63) is 109 Å². The molecule has 0 aliphatic heterocycles. The Bertz CT molecular complexity index is 401. The van der Waals surface area contributed by atoms with Crippen molar-refractivity contribution in [3.63, 3.8) is 0 Å². The van der Waals surface area contributed by atoms with Gasteiger partial charge < -0.3 is 0 Å². The molecule has 3 aromatic rings. The summed E-state index contributed by atoms with van der Waals surface area (Å²) in [5.74, 6) is 0. The van der Waals surface area contributed by atoms with Gasteiger partial charge in [0.05, 0.1) is 0 Å². The largest absolute Gasteiger partial charge is 0.0623 e. The highest BCUT2D eigenvalue weighted by molar-refractivity contribution is 5.11. The molecule has 3 rings (SSSR count). The van der Waals surface area contributed by atoms with E-state index in [2.05, 4.69) is 19.1 Å². The summed E-state index contributed by atoms with van der Waals surface area (Å²) in [6.45, 7) is 2.08. The average Bonchev–Trinajstić information content (AvgIpc) is 2.53. The third-order valence-corrected chi connectivity index (χ3v) is 2.27. The first-order valence-electron chi connectivity index (χ1n) is 6.41. The van der Waals surface area contributed by atoms with Crippen LogP contribution in [0.2, 0.25) is 0 Å². The van der Waals surface area contributed by atoms with Crippen LogP contribution in [0, 0.1) is 6.92 Å². The van der Waals surface area contributed by atoms with E-state index in [-0.39, 0.29) is 0 Å². The van der Waals surface area contributed by atoms with Crippen LogP contribution < -0.4 is 0 Å². The van der Waals surface area contributed by atoms with Crippen LogP contribution in [-0.2, 0) is 0 Å². The summed E-state index contributed by atoms with van der Waals surface area (Å²) in [6, 6.07) is 34.3. The van der Waals surface area contributed by atoms with Gasteiger partial charge in [0.15, 0.2) is 0 Å². The summed E-state index contributed by atoms with van der Waals surface area (Å²) >= 11 is 0. The summed E-state index contributed by atoms with van der Waals surface area (Å²) in [4.78, 5) is 0. The highest BCUT2D eigenvalue weighted by atomic mass is 13.8. The summed E-state index contributed by atoms with van der Waals surface area (Å²) in [7, 11) is 0. The Labute approximate surface area is 116 Å². The topological polar surface area (TPSA) is 0 Å². The zero-order valence-electron chi connectivity index (χ0n) is 11.3. The Kier molecular flexibility index (Phi) is 8.36. The Morgan fingerprint density at radius 2 is 0.579 bits per heavy atom. The predicted octanol–water partition coefficient (Wildman–Crippen LogP) is 5.37. The first-order chi connectivity index (χ1) is 9.39. The summed E-state index contributed by atoms with van der Waals surface area (Å²) in [5, 5.41) is 0. The second-order valence-electron chi connectivity index (χ2n) is 3.96. The van der Waals surface area contributed by atoms with Gasteiger partial charge in [-0.2, -0.15) is 0 Å². The molecule has 0 aliphatic carbocycles. The third kappa shape index (κ3) is 9.37. The van der Waals surface area contributed by atoms with Crippen LogP contribution in [0.3, 0.4) is 0 Å². The molecule has 0 nitrogen and oxygen atoms in total. The monoisotopic (exact) mass is 248 g/mol. The molecule has 0 amide bonds. The number of rotatable bonds is 0. The highest BCUT2D eigenvalue weighted by Gasteiger charge is 1.72. The molecule has 0 fully saturated rings. The van der Waals surface area contributed by atoms with E-state index in [0.29, 0.717) is 0 Å². The lowest BCUT2D eigenvalue weighted by atomic mass is 10.2. The zero-order chi connectivity index (χ0) is 13.6. The van der Waals surface area contributed by atoms with Crippen LogP contribution in [0.25, 0.3) is 0 Å². The van der Waals surface area contributed by atoms with Crippen LogP contribution >= 0.6 is 0 Å². The molecule has 0 heteroatoms. The first kappa shape index (κ1) is 14.7. The van der Waals surface area contributed by atoms with Crippen molar-refractivity contribution in [1.29, 1.82) is 0 Å². The molecule has 0 saturated heterocycles. The van der Waals surface area contributed by atoms with Crippen molar-refractivity contribution in [3.8, 4) is 0 Å². The molecule has 0 radical (unpaired) electrons. The van der Waals surface area contributed by atoms with E-state index in [1.54, 1.807) is 0 Å². The Morgan fingerprint density at radius 1 is 0.368 bits per heavy atom. The van der Waals surface area contributed by atoms with Crippen LogP contribution in [-0.4, -0.2) is 0 Å². The molecule has 3 aromatic carbocycles. The van der Waals surface area contributed by atoms with E-state index in [9.17, 15) is 0 Å². The van der Waals surface area contributed by atoms with E-state index in [4.69, 9.17) is 0 Å². The summed E-state index contributed by atoms with van der Waals surface area (Å²) in [6.07, 6.45) is 0. The van der Waals surface area contributed by atoms with Crippen molar-refractivity contribution < 1.29 is 0 Å². The van der Waals surface area contributed by atoms with E-state index in [1.807, 2.05) is 91.0 Å². The van der Waals surface area contributed by atoms with Crippen LogP contribution in [0.4, 0.5) is 0 Å². The van der Waals surface area contributed by atoms with Crippen molar-refractivity contribution in [2.75, 3.05) is 0 Å². The van der Waals surface area contributed by atoms with Gasteiger partial charge >= 0.3 is 0 Å². The molecular weight excluding hydrogens is 228 g/mol. The van der Waals surface area contributed by atoms with Gasteiger partial charge in [-0.05, 0) is 6.92 Å². The molecule has 0 saturated carbocycles. The van der Waals surface area contributed by atoms with Gasteiger partial charge in [-0.1, -0.05) is 109 Å². The van der Waals surface area contributed by atoms with E-state index in [0.717, 1.165) is 0 Å². The fraction of sp³-hybridized carbons (Fsp3) is 0.0526. The summed E-state index contributed by atoms with van der Waals surface area (Å²) < 4.78 is 0. The second kappa shape index (κ2) is 10.8. The van der Waals surface area contributed by atoms with Crippen molar-refractivity contribution >= 4 is 0 Å². The molecule has 0 bridgehead atoms. The smallest absolute Gasteiger partial charge is 0.0398 e. The molecule has 0 N–H and O–H groups in total. The number of benzene rings is 3. The second-order valence-corrected chi connectivity index (χ2v) is 3.96. The summed E-state index contributed by atoms with van der Waals surface area (Å²) in [5.41, 5.74) is 1.32. The maximum Gasteiger partial charge on any atom is -0.0398 e. The minimum absolute atomic E-state index is 1.32. The molecule has 0 aliphatic rings. The molecule has 0 aromatic heterocycles. The molecule has 0 atom stereocenters. The fourth-order valence-corrected chi connectivity index (χ4v) is 1.30. The molecular formula is C19H20. The fourth-order valence-electron chi connectivity index (χ4n) is 1.30. The van der Waals surface area contributed by atoms with Crippen molar-refractivity contribution in [2.45, 2.75) is 6.92 Å². The quantitative estimate of drug-likeness (QED) is 0.502. The van der Waals surface area contributed by atoms with Crippen molar-refractivity contribution in [1.82, 2.24) is 0 Å². The van der Waals surface area contributed by atoms with E-state index in [1.165, 1.54) is 5.56 Å². The molecule has 96 valence electrons. The molecule has 0 heterocycles. The minimum Gasteiger partial charge on any atom is -0.0623 e. The van der Waals surface area contributed by atoms with Gasteiger partial charge in [0.1, 0.15) is 0 Å². The van der Waals surface area contributed by atoms with Gasteiger partial charge in [0.25, 0.3) is 0 Å². The SMILES string of the molecule is Cc1ccccc1.c1ccccc1.c1ccccc1. The van der Waals surface area contributed by atoms with E-state index >= 15 is 0 Å². The lowest BCUT2D eigenvalue weighted by Gasteiger charge is -1.82. The number of hydrogen-bond acceptors (Lipinski definition) is 0. The van der Waals surface area contributed by atoms with Gasteiger partial charge in [-0.3, -0.25) is 0 Å². The first-order valence-corrected chi connectivity index (χ1v) is 6.41. The van der Waals surface area contributed by atoms with Crippen LogP contribution in [0.1, 0.15) is 5.56 Å². The Morgan fingerprint density at radius 3 is 0.737 bits per heavy atom. The zero-order valence-corrected chi connectivity index (χ0v) is 11.3. The highest BCUT2D eigenvalue weighted by Crippen LogP contribution is 1.92. The molecule has 19 heavy (non-hydrogen) atoms. The lowest BCUT2D eigenvalue weighted by Crippen LogP contribution is -1.62. The van der Waals surface area contributed by atoms with Crippen LogP contribution in [0.15, 0.2) is 103 Å². The van der Waals surface area contributed by atoms with E-state index < -0.39 is 0 Å². The van der Waals surface area contributed by atoms with Gasteiger partial charge in [-0.25, -0.2) is 0 Å². The van der Waals surface area contributed by atoms with Crippen molar-refractivity contribution in [2.24, 2.45) is 0 Å². The Hall–Kier alpha value is -2.34. The van der Waals surface area contributed by atoms with Gasteiger partial charge in [0, 0.05) is 0 Å². The Balaban J connectivity index is 0.000000143. The predicted molar refractivity (Wildman–Crippen MR) is 84.1 cm³/mol. The lowest BCUT2D eigenvalue weighted by molar-refractivity contribution is 1.48. The maximum atomic E-state index is 2.08. The minimum atomic E-state index is 1.32. The van der Waals surface area contributed by atoms with Gasteiger partial charge in [-0.15, -0.1) is 0 Å². The van der Waals surface area contributed by atoms with Gasteiger partial charge in [0.2, 0.25) is 0 Å². The number of hydrogen-bond donors (Lipinski definition) is 0. The molecule has 0 unspecified atom stereocenters. The third-order valence-electron chi connectivity index (χ3n) is 2.27. The number of aryl methyl sites for hydroxylation is 1. The average molecular weight is 248 g/mol. The normalized spacial score (nSPS) is 8.26. The molecule has 0 spiro atoms. The standard InChI is InChI=1S/C7H8.2C6H6/c1-7-5-3-2-4-6-7;2*1-2-4-6-5-3-1/h2-6H,1H3;2*1-6H. The van der Waals surface area contributed by atoms with Crippen LogP contribution in [0.5, 0.6) is 0 Å². The maximum absolute atomic E-state index is 2.08.